The molecular weight excluding hydrogens is 444 g/mol. The number of aromatic amines is 1. The zero-order valence-electron chi connectivity index (χ0n) is 16.8. The number of nitrogens with zero attached hydrogens (tertiary/aromatic N) is 2. The van der Waals surface area contributed by atoms with Gasteiger partial charge in [-0.2, -0.15) is 0 Å². The zero-order valence-corrected chi connectivity index (χ0v) is 18.4. The topological polar surface area (TPSA) is 91.2 Å². The number of H-pyrrole nitrogens is 1. The predicted octanol–water partition coefficient (Wildman–Crippen LogP) is 4.45. The number of aryl methyl sites for hydroxylation is 1. The van der Waals surface area contributed by atoms with Crippen LogP contribution in [0, 0.1) is 6.92 Å². The van der Waals surface area contributed by atoms with E-state index in [1.54, 1.807) is 24.3 Å². The molecule has 1 fully saturated rings. The Balaban J connectivity index is 1.40. The van der Waals surface area contributed by atoms with E-state index >= 15 is 0 Å². The first-order chi connectivity index (χ1) is 15.5. The number of para-hydroxylation sites is 2. The van der Waals surface area contributed by atoms with Gasteiger partial charge in [-0.25, -0.2) is 4.98 Å². The molecule has 0 bridgehead atoms. The number of aromatic nitrogens is 2. The number of fused-ring (bicyclic) bond motifs is 1. The van der Waals surface area contributed by atoms with Crippen LogP contribution in [0.5, 0.6) is 0 Å². The minimum Gasteiger partial charge on any atom is -0.450 e. The Morgan fingerprint density at radius 3 is 2.62 bits per heavy atom. The average Bonchev–Trinajstić information content (AvgIpc) is 3.38. The fraction of sp³-hybridized carbons (Fsp3) is 0.0435. The van der Waals surface area contributed by atoms with Crippen LogP contribution in [-0.4, -0.2) is 26.9 Å². The van der Waals surface area contributed by atoms with Crippen molar-refractivity contribution < 1.29 is 14.0 Å². The fourth-order valence-corrected chi connectivity index (χ4v) is 4.32. The molecule has 3 heterocycles. The summed E-state index contributed by atoms with van der Waals surface area (Å²) in [7, 11) is 0. The molecule has 32 heavy (non-hydrogen) atoms. The highest BCUT2D eigenvalue weighted by Crippen LogP contribution is 2.30. The molecule has 0 saturated carbocycles. The Morgan fingerprint density at radius 2 is 1.84 bits per heavy atom. The maximum Gasteiger partial charge on any atom is 0.270 e. The van der Waals surface area contributed by atoms with Crippen LogP contribution in [0.15, 0.2) is 80.9 Å². The average molecular weight is 461 g/mol. The van der Waals surface area contributed by atoms with Crippen molar-refractivity contribution in [3.05, 3.63) is 77.6 Å². The molecule has 2 N–H and O–H groups in total. The second kappa shape index (κ2) is 8.10. The van der Waals surface area contributed by atoms with E-state index in [9.17, 15) is 9.59 Å². The number of carbonyl (C=O) groups excluding carboxylic acids is 2. The van der Waals surface area contributed by atoms with Gasteiger partial charge in [0.1, 0.15) is 11.3 Å². The van der Waals surface area contributed by atoms with Gasteiger partial charge in [-0.1, -0.05) is 29.8 Å². The molecule has 5 rings (SSSR count). The molecule has 1 aliphatic heterocycles. The Bertz CT molecular complexity index is 1370. The summed E-state index contributed by atoms with van der Waals surface area (Å²) in [5, 5.41) is 3.87. The third-order valence-electron chi connectivity index (χ3n) is 4.85. The van der Waals surface area contributed by atoms with E-state index in [0.29, 0.717) is 21.7 Å². The van der Waals surface area contributed by atoms with Gasteiger partial charge < -0.3 is 9.40 Å². The van der Waals surface area contributed by atoms with E-state index in [4.69, 9.17) is 16.6 Å². The lowest BCUT2D eigenvalue weighted by molar-refractivity contribution is -0.122. The van der Waals surface area contributed by atoms with E-state index in [2.05, 4.69) is 15.3 Å². The summed E-state index contributed by atoms with van der Waals surface area (Å²) >= 11 is 6.54. The molecular formula is C23H16N4O3S2. The Morgan fingerprint density at radius 1 is 1.06 bits per heavy atom. The lowest BCUT2D eigenvalue weighted by Gasteiger charge is -2.28. The number of carbonyl (C=O) groups is 2. The van der Waals surface area contributed by atoms with Crippen molar-refractivity contribution in [1.29, 1.82) is 0 Å². The van der Waals surface area contributed by atoms with Crippen LogP contribution in [0.2, 0.25) is 0 Å². The van der Waals surface area contributed by atoms with Crippen LogP contribution < -0.4 is 10.2 Å². The predicted molar refractivity (Wildman–Crippen MR) is 126 cm³/mol. The highest BCUT2D eigenvalue weighted by atomic mass is 32.2. The number of furan rings is 1. The lowest BCUT2D eigenvalue weighted by atomic mass is 10.1. The van der Waals surface area contributed by atoms with Gasteiger partial charge in [0, 0.05) is 0 Å². The van der Waals surface area contributed by atoms with Crippen LogP contribution in [-0.2, 0) is 9.59 Å². The van der Waals surface area contributed by atoms with Gasteiger partial charge >= 0.3 is 0 Å². The quantitative estimate of drug-likeness (QED) is 0.266. The minimum absolute atomic E-state index is 0.0431. The Kier molecular flexibility index (Phi) is 5.12. The van der Waals surface area contributed by atoms with E-state index < -0.39 is 11.8 Å². The fourth-order valence-electron chi connectivity index (χ4n) is 3.27. The maximum absolute atomic E-state index is 13.1. The third-order valence-corrected chi connectivity index (χ3v) is 5.94. The number of hydrogen-bond donors (Lipinski definition) is 2. The van der Waals surface area contributed by atoms with E-state index in [1.807, 2.05) is 43.3 Å². The van der Waals surface area contributed by atoms with E-state index in [0.717, 1.165) is 16.6 Å². The molecule has 2 amide bonds. The number of hydrogen-bond acceptors (Lipinski definition) is 6. The number of rotatable bonds is 4. The first-order valence-electron chi connectivity index (χ1n) is 9.68. The first kappa shape index (κ1) is 20.2. The molecule has 158 valence electrons. The van der Waals surface area contributed by atoms with Crippen molar-refractivity contribution in [2.75, 3.05) is 4.90 Å². The SMILES string of the molecule is Cc1ccc(N2C(=O)/C(=C/c3ccc(Sc4nc5ccccc5[nH]4)o3)C(=O)NC2=S)cc1. The smallest absolute Gasteiger partial charge is 0.270 e. The largest absolute Gasteiger partial charge is 0.450 e. The molecule has 1 saturated heterocycles. The summed E-state index contributed by atoms with van der Waals surface area (Å²) in [6.45, 7) is 1.95. The van der Waals surface area contributed by atoms with Crippen LogP contribution in [0.3, 0.4) is 0 Å². The second-order valence-electron chi connectivity index (χ2n) is 7.11. The van der Waals surface area contributed by atoms with E-state index in [-0.39, 0.29) is 10.7 Å². The minimum atomic E-state index is -0.564. The highest BCUT2D eigenvalue weighted by Gasteiger charge is 2.34. The van der Waals surface area contributed by atoms with Crippen molar-refractivity contribution in [2.45, 2.75) is 17.2 Å². The lowest BCUT2D eigenvalue weighted by Crippen LogP contribution is -2.54. The molecule has 9 heteroatoms. The van der Waals surface area contributed by atoms with E-state index in [1.165, 1.54) is 22.7 Å². The summed E-state index contributed by atoms with van der Waals surface area (Å²) < 4.78 is 5.81. The zero-order chi connectivity index (χ0) is 22.2. The monoisotopic (exact) mass is 460 g/mol. The molecule has 2 aromatic heterocycles. The summed E-state index contributed by atoms with van der Waals surface area (Å²) in [5.41, 5.74) is 3.36. The summed E-state index contributed by atoms with van der Waals surface area (Å²) in [4.78, 5) is 34.6. The number of anilines is 1. The van der Waals surface area contributed by atoms with Gasteiger partial charge in [-0.05, 0) is 73.4 Å². The molecule has 1 aliphatic rings. The molecule has 4 aromatic rings. The van der Waals surface area contributed by atoms with Crippen molar-refractivity contribution >= 4 is 63.7 Å². The van der Waals surface area contributed by atoms with Gasteiger partial charge in [-0.3, -0.25) is 19.8 Å². The molecule has 0 spiro atoms. The summed E-state index contributed by atoms with van der Waals surface area (Å²) in [6, 6.07) is 18.5. The second-order valence-corrected chi connectivity index (χ2v) is 8.49. The molecule has 7 nitrogen and oxygen atoms in total. The Labute approximate surface area is 192 Å². The first-order valence-corrected chi connectivity index (χ1v) is 10.9. The van der Waals surface area contributed by atoms with Crippen LogP contribution in [0.4, 0.5) is 5.69 Å². The van der Waals surface area contributed by atoms with Crippen molar-refractivity contribution in [1.82, 2.24) is 15.3 Å². The third kappa shape index (κ3) is 3.83. The van der Waals surface area contributed by atoms with Crippen molar-refractivity contribution in [3.63, 3.8) is 0 Å². The van der Waals surface area contributed by atoms with Crippen molar-refractivity contribution in [3.8, 4) is 0 Å². The van der Waals surface area contributed by atoms with Gasteiger partial charge in [0.05, 0.1) is 16.7 Å². The number of amides is 2. The molecule has 0 atom stereocenters. The number of nitrogens with one attached hydrogen (secondary N) is 2. The normalized spacial score (nSPS) is 15.6. The number of imidazole rings is 1. The van der Waals surface area contributed by atoms with Gasteiger partial charge in [-0.15, -0.1) is 0 Å². The molecule has 2 aromatic carbocycles. The Hall–Kier alpha value is -3.69. The molecule has 0 unspecified atom stereocenters. The van der Waals surface area contributed by atoms with Crippen molar-refractivity contribution in [2.24, 2.45) is 0 Å². The van der Waals surface area contributed by atoms with Crippen LogP contribution >= 0.6 is 24.0 Å². The highest BCUT2D eigenvalue weighted by molar-refractivity contribution is 7.99. The standard InChI is InChI=1S/C23H16N4O3S2/c1-13-6-8-14(9-7-13)27-21(29)16(20(28)26-23(27)31)12-15-10-11-19(30-15)32-22-24-17-4-2-3-5-18(17)25-22/h2-12H,1H3,(H,24,25)(H,26,28,31)/b16-12+. The molecule has 0 radical (unpaired) electrons. The van der Waals surface area contributed by atoms with Crippen LogP contribution in [0.25, 0.3) is 17.1 Å². The van der Waals surface area contributed by atoms with Crippen LogP contribution in [0.1, 0.15) is 11.3 Å². The summed E-state index contributed by atoms with van der Waals surface area (Å²) in [6.07, 6.45) is 1.42. The van der Waals surface area contributed by atoms with Gasteiger partial charge in [0.25, 0.3) is 11.8 Å². The maximum atomic E-state index is 13.1. The number of thiocarbonyl (C=S) groups is 1. The van der Waals surface area contributed by atoms with Gasteiger partial charge in [0.2, 0.25) is 0 Å². The summed E-state index contributed by atoms with van der Waals surface area (Å²) in [5.74, 6) is -0.699. The number of benzene rings is 2. The molecule has 0 aliphatic carbocycles. The van der Waals surface area contributed by atoms with Gasteiger partial charge in [0.15, 0.2) is 15.4 Å².